The molecule has 1 heterocycles. The number of aryl methyl sites for hydroxylation is 1. The Kier molecular flexibility index (Phi) is 7.97. The molecule has 2 amide bonds. The number of carbonyl (C=O) groups excluding carboxylic acids is 1. The van der Waals surface area contributed by atoms with Gasteiger partial charge in [-0.2, -0.15) is 0 Å². The molecule has 5 heteroatoms. The number of aromatic nitrogens is 1. The summed E-state index contributed by atoms with van der Waals surface area (Å²) in [6.07, 6.45) is 5.28. The quantitative estimate of drug-likeness (QED) is 0.381. The van der Waals surface area contributed by atoms with Crippen molar-refractivity contribution in [1.82, 2.24) is 9.47 Å². The Labute approximate surface area is 184 Å². The molecule has 3 aromatic rings. The zero-order chi connectivity index (χ0) is 21.3. The van der Waals surface area contributed by atoms with Crippen molar-refractivity contribution in [3.05, 3.63) is 88.7 Å². The van der Waals surface area contributed by atoms with Crippen LogP contribution in [-0.4, -0.2) is 22.0 Å². The van der Waals surface area contributed by atoms with Crippen molar-refractivity contribution < 1.29 is 4.79 Å². The number of nitrogens with one attached hydrogen (secondary N) is 1. The topological polar surface area (TPSA) is 37.3 Å². The van der Waals surface area contributed by atoms with Crippen LogP contribution in [0.2, 0.25) is 5.02 Å². The van der Waals surface area contributed by atoms with Crippen LogP contribution in [0.15, 0.2) is 66.9 Å². The van der Waals surface area contributed by atoms with Gasteiger partial charge < -0.3 is 14.8 Å². The third-order valence-corrected chi connectivity index (χ3v) is 5.34. The van der Waals surface area contributed by atoms with E-state index in [2.05, 4.69) is 35.1 Å². The maximum atomic E-state index is 13.0. The van der Waals surface area contributed by atoms with Gasteiger partial charge in [-0.1, -0.05) is 55.6 Å². The highest BCUT2D eigenvalue weighted by atomic mass is 35.5. The van der Waals surface area contributed by atoms with Gasteiger partial charge in [-0.15, -0.1) is 0 Å². The van der Waals surface area contributed by atoms with Crippen LogP contribution in [0.4, 0.5) is 10.5 Å². The van der Waals surface area contributed by atoms with E-state index in [4.69, 9.17) is 11.6 Å². The van der Waals surface area contributed by atoms with Gasteiger partial charge in [-0.25, -0.2) is 4.79 Å². The van der Waals surface area contributed by atoms with Crippen LogP contribution in [0.5, 0.6) is 0 Å². The standard InChI is InChI=1S/C25H30ClN3O/c1-3-4-5-14-29(25(30)27-23-12-6-9-20(2)16-23)19-24-13-8-15-28(24)18-21-10-7-11-22(26)17-21/h6-13,15-17H,3-5,14,18-19H2,1-2H3,(H,27,30). The third-order valence-electron chi connectivity index (χ3n) is 5.11. The predicted octanol–water partition coefficient (Wildman–Crippen LogP) is 6.72. The van der Waals surface area contributed by atoms with Crippen molar-refractivity contribution in [2.24, 2.45) is 0 Å². The zero-order valence-electron chi connectivity index (χ0n) is 17.8. The fraction of sp³-hybridized carbons (Fsp3) is 0.320. The number of urea groups is 1. The van der Waals surface area contributed by atoms with E-state index in [1.54, 1.807) is 0 Å². The Hall–Kier alpha value is -2.72. The second kappa shape index (κ2) is 10.9. The van der Waals surface area contributed by atoms with Crippen molar-refractivity contribution >= 4 is 23.3 Å². The van der Waals surface area contributed by atoms with E-state index in [9.17, 15) is 4.79 Å². The molecule has 0 bridgehead atoms. The summed E-state index contributed by atoms with van der Waals surface area (Å²) in [7, 11) is 0. The summed E-state index contributed by atoms with van der Waals surface area (Å²) < 4.78 is 2.18. The molecule has 0 unspecified atom stereocenters. The molecule has 0 aliphatic carbocycles. The third kappa shape index (κ3) is 6.39. The molecule has 2 aromatic carbocycles. The Balaban J connectivity index is 1.73. The lowest BCUT2D eigenvalue weighted by Crippen LogP contribution is -2.36. The van der Waals surface area contributed by atoms with Gasteiger partial charge in [-0.05, 0) is 60.9 Å². The minimum Gasteiger partial charge on any atom is -0.345 e. The lowest BCUT2D eigenvalue weighted by atomic mass is 10.2. The number of hydrogen-bond acceptors (Lipinski definition) is 1. The van der Waals surface area contributed by atoms with Gasteiger partial charge in [0.1, 0.15) is 0 Å². The van der Waals surface area contributed by atoms with Crippen LogP contribution < -0.4 is 5.32 Å². The highest BCUT2D eigenvalue weighted by Crippen LogP contribution is 2.16. The van der Waals surface area contributed by atoms with E-state index in [0.29, 0.717) is 6.54 Å². The van der Waals surface area contributed by atoms with E-state index in [0.717, 1.165) is 59.9 Å². The molecule has 0 saturated heterocycles. The first-order chi connectivity index (χ1) is 14.5. The summed E-state index contributed by atoms with van der Waals surface area (Å²) >= 11 is 6.14. The van der Waals surface area contributed by atoms with Crippen LogP contribution in [-0.2, 0) is 13.1 Å². The van der Waals surface area contributed by atoms with Crippen LogP contribution >= 0.6 is 11.6 Å². The fourth-order valence-electron chi connectivity index (χ4n) is 3.51. The molecule has 0 atom stereocenters. The van der Waals surface area contributed by atoms with Gasteiger partial charge in [0, 0.05) is 35.7 Å². The molecule has 0 fully saturated rings. The van der Waals surface area contributed by atoms with Gasteiger partial charge in [0.25, 0.3) is 0 Å². The molecular formula is C25H30ClN3O. The van der Waals surface area contributed by atoms with Crippen molar-refractivity contribution in [2.75, 3.05) is 11.9 Å². The number of amides is 2. The summed E-state index contributed by atoms with van der Waals surface area (Å²) in [4.78, 5) is 15.0. The summed E-state index contributed by atoms with van der Waals surface area (Å²) in [5, 5.41) is 3.80. The first-order valence-corrected chi connectivity index (χ1v) is 10.9. The van der Waals surface area contributed by atoms with Gasteiger partial charge in [0.2, 0.25) is 0 Å². The Bertz CT molecular complexity index is 966. The maximum absolute atomic E-state index is 13.0. The molecule has 0 aliphatic rings. The lowest BCUT2D eigenvalue weighted by Gasteiger charge is -2.24. The van der Waals surface area contributed by atoms with E-state index < -0.39 is 0 Å². The molecule has 4 nitrogen and oxygen atoms in total. The van der Waals surface area contributed by atoms with E-state index in [1.165, 1.54) is 0 Å². The van der Waals surface area contributed by atoms with Gasteiger partial charge in [0.05, 0.1) is 6.54 Å². The first kappa shape index (κ1) is 22.0. The van der Waals surface area contributed by atoms with Crippen molar-refractivity contribution in [3.63, 3.8) is 0 Å². The molecule has 1 aromatic heterocycles. The number of anilines is 1. The number of benzene rings is 2. The minimum atomic E-state index is -0.0628. The van der Waals surface area contributed by atoms with Gasteiger partial charge in [0.15, 0.2) is 0 Å². The van der Waals surface area contributed by atoms with E-state index in [-0.39, 0.29) is 6.03 Å². The Morgan fingerprint density at radius 3 is 2.67 bits per heavy atom. The normalized spacial score (nSPS) is 10.8. The highest BCUT2D eigenvalue weighted by molar-refractivity contribution is 6.30. The molecular weight excluding hydrogens is 394 g/mol. The summed E-state index contributed by atoms with van der Waals surface area (Å²) in [6.45, 7) is 6.22. The number of rotatable bonds is 9. The molecule has 0 radical (unpaired) electrons. The van der Waals surface area contributed by atoms with Crippen LogP contribution in [0.1, 0.15) is 43.0 Å². The summed E-state index contributed by atoms with van der Waals surface area (Å²) in [6, 6.07) is 19.8. The largest absolute Gasteiger partial charge is 0.345 e. The number of hydrogen-bond donors (Lipinski definition) is 1. The van der Waals surface area contributed by atoms with Crippen molar-refractivity contribution in [3.8, 4) is 0 Å². The average molecular weight is 424 g/mol. The van der Waals surface area contributed by atoms with Crippen LogP contribution in [0, 0.1) is 6.92 Å². The second-order valence-corrected chi connectivity index (χ2v) is 8.12. The zero-order valence-corrected chi connectivity index (χ0v) is 18.5. The second-order valence-electron chi connectivity index (χ2n) is 7.69. The molecule has 1 N–H and O–H groups in total. The van der Waals surface area contributed by atoms with Gasteiger partial charge >= 0.3 is 6.03 Å². The number of carbonyl (C=O) groups is 1. The Morgan fingerprint density at radius 1 is 1.07 bits per heavy atom. The number of halogens is 1. The smallest absolute Gasteiger partial charge is 0.322 e. The molecule has 30 heavy (non-hydrogen) atoms. The predicted molar refractivity (Wildman–Crippen MR) is 125 cm³/mol. The van der Waals surface area contributed by atoms with Crippen LogP contribution in [0.3, 0.4) is 0 Å². The monoisotopic (exact) mass is 423 g/mol. The summed E-state index contributed by atoms with van der Waals surface area (Å²) in [5.74, 6) is 0. The van der Waals surface area contributed by atoms with Crippen LogP contribution in [0.25, 0.3) is 0 Å². The van der Waals surface area contributed by atoms with E-state index in [1.807, 2.05) is 60.4 Å². The van der Waals surface area contributed by atoms with Crippen molar-refractivity contribution in [1.29, 1.82) is 0 Å². The average Bonchev–Trinajstić information content (AvgIpc) is 3.14. The fourth-order valence-corrected chi connectivity index (χ4v) is 3.72. The molecule has 0 saturated carbocycles. The summed E-state index contributed by atoms with van der Waals surface area (Å²) in [5.41, 5.74) is 4.20. The Morgan fingerprint density at radius 2 is 1.90 bits per heavy atom. The number of nitrogens with zero attached hydrogens (tertiary/aromatic N) is 2. The maximum Gasteiger partial charge on any atom is 0.322 e. The van der Waals surface area contributed by atoms with Crippen molar-refractivity contribution in [2.45, 2.75) is 46.2 Å². The number of unbranched alkanes of at least 4 members (excludes halogenated alkanes) is 2. The molecule has 0 spiro atoms. The highest BCUT2D eigenvalue weighted by Gasteiger charge is 2.16. The molecule has 0 aliphatic heterocycles. The van der Waals surface area contributed by atoms with Gasteiger partial charge in [-0.3, -0.25) is 0 Å². The lowest BCUT2D eigenvalue weighted by molar-refractivity contribution is 0.206. The first-order valence-electron chi connectivity index (χ1n) is 10.6. The molecule has 3 rings (SSSR count). The van der Waals surface area contributed by atoms with E-state index >= 15 is 0 Å². The molecule has 158 valence electrons. The SMILES string of the molecule is CCCCCN(Cc1cccn1Cc1cccc(Cl)c1)C(=O)Nc1cccc(C)c1. The minimum absolute atomic E-state index is 0.0628.